The molecular weight excluding hydrogens is 317 g/mol. The van der Waals surface area contributed by atoms with Crippen molar-refractivity contribution in [2.75, 3.05) is 31.2 Å². The highest BCUT2D eigenvalue weighted by Crippen LogP contribution is 2.26. The molecule has 0 aliphatic carbocycles. The van der Waals surface area contributed by atoms with Crippen LogP contribution in [0.3, 0.4) is 0 Å². The second-order valence-electron chi connectivity index (χ2n) is 4.00. The van der Waals surface area contributed by atoms with Crippen molar-refractivity contribution in [3.05, 3.63) is 28.2 Å². The first-order chi connectivity index (χ1) is 9.63. The highest BCUT2D eigenvalue weighted by molar-refractivity contribution is 7.99. The molecule has 1 aromatic rings. The maximum Gasteiger partial charge on any atom is 0.121 e. The Morgan fingerprint density at radius 2 is 2.20 bits per heavy atom. The van der Waals surface area contributed by atoms with E-state index < -0.39 is 6.10 Å². The van der Waals surface area contributed by atoms with E-state index in [2.05, 4.69) is 11.2 Å². The van der Waals surface area contributed by atoms with Crippen molar-refractivity contribution >= 4 is 35.0 Å². The summed E-state index contributed by atoms with van der Waals surface area (Å²) in [7, 11) is 0. The minimum absolute atomic E-state index is 0.197. The Hall–Kier alpha value is -0.570. The first kappa shape index (κ1) is 17.5. The predicted molar refractivity (Wildman–Crippen MR) is 87.0 cm³/mol. The maximum absolute atomic E-state index is 9.75. The average Bonchev–Trinajstić information content (AvgIpc) is 2.44. The lowest BCUT2D eigenvalue weighted by atomic mass is 10.3. The molecule has 0 fully saturated rings. The van der Waals surface area contributed by atoms with E-state index in [4.69, 9.17) is 34.4 Å². The van der Waals surface area contributed by atoms with Crippen LogP contribution in [0, 0.1) is 12.3 Å². The molecule has 0 saturated heterocycles. The van der Waals surface area contributed by atoms with E-state index in [1.807, 2.05) is 0 Å². The summed E-state index contributed by atoms with van der Waals surface area (Å²) in [6, 6.07) is 5.00. The summed E-state index contributed by atoms with van der Waals surface area (Å²) in [6.07, 6.45) is 4.56. The summed E-state index contributed by atoms with van der Waals surface area (Å²) < 4.78 is 5.43. The number of aliphatic hydroxyl groups excluding tert-OH is 1. The molecule has 110 valence electrons. The normalized spacial score (nSPS) is 11.9. The van der Waals surface area contributed by atoms with E-state index in [1.54, 1.807) is 30.0 Å². The van der Waals surface area contributed by atoms with Crippen molar-refractivity contribution in [1.82, 2.24) is 5.32 Å². The highest BCUT2D eigenvalue weighted by Gasteiger charge is 2.06. The van der Waals surface area contributed by atoms with Gasteiger partial charge in [-0.25, -0.2) is 0 Å². The van der Waals surface area contributed by atoms with Crippen LogP contribution in [-0.2, 0) is 0 Å². The molecule has 0 aromatic heterocycles. The van der Waals surface area contributed by atoms with Crippen molar-refractivity contribution in [3.8, 4) is 18.1 Å². The van der Waals surface area contributed by atoms with Gasteiger partial charge in [-0.2, -0.15) is 0 Å². The van der Waals surface area contributed by atoms with Crippen molar-refractivity contribution in [3.63, 3.8) is 0 Å². The van der Waals surface area contributed by atoms with Crippen LogP contribution in [0.4, 0.5) is 0 Å². The van der Waals surface area contributed by atoms with Gasteiger partial charge >= 0.3 is 0 Å². The van der Waals surface area contributed by atoms with Gasteiger partial charge in [-0.3, -0.25) is 0 Å². The van der Waals surface area contributed by atoms with Gasteiger partial charge in [0.2, 0.25) is 0 Å². The minimum Gasteiger partial charge on any atom is -0.491 e. The van der Waals surface area contributed by atoms with E-state index >= 15 is 0 Å². The van der Waals surface area contributed by atoms with Crippen LogP contribution >= 0.6 is 35.0 Å². The standard InChI is InChI=1S/C14H17Cl2NO2S/c1-2-6-20-7-5-17-9-11(18)10-19-12-3-4-13(15)14(16)8-12/h1,3-4,8,11,17-18H,5-7,9-10H2. The predicted octanol–water partition coefficient (Wildman–Crippen LogP) is 2.69. The Balaban J connectivity index is 2.15. The number of halogens is 2. The van der Waals surface area contributed by atoms with Crippen LogP contribution < -0.4 is 10.1 Å². The summed E-state index contributed by atoms with van der Waals surface area (Å²) in [4.78, 5) is 0. The van der Waals surface area contributed by atoms with Crippen LogP contribution in [0.15, 0.2) is 18.2 Å². The second kappa shape index (κ2) is 10.2. The number of rotatable bonds is 9. The third-order valence-electron chi connectivity index (χ3n) is 2.32. The molecule has 0 aliphatic heterocycles. The molecule has 2 N–H and O–H groups in total. The number of thioether (sulfide) groups is 1. The molecule has 0 heterocycles. The molecule has 0 spiro atoms. The smallest absolute Gasteiger partial charge is 0.121 e. The lowest BCUT2D eigenvalue weighted by Gasteiger charge is -2.13. The third kappa shape index (κ3) is 7.28. The second-order valence-corrected chi connectivity index (χ2v) is 5.92. The van der Waals surface area contributed by atoms with Gasteiger partial charge in [0.25, 0.3) is 0 Å². The number of nitrogens with one attached hydrogen (secondary N) is 1. The van der Waals surface area contributed by atoms with Crippen LogP contribution in [0.5, 0.6) is 5.75 Å². The van der Waals surface area contributed by atoms with Gasteiger partial charge in [-0.05, 0) is 12.1 Å². The summed E-state index contributed by atoms with van der Waals surface area (Å²) in [5, 5.41) is 13.8. The van der Waals surface area contributed by atoms with E-state index in [9.17, 15) is 5.11 Å². The summed E-state index contributed by atoms with van der Waals surface area (Å²) in [5.74, 6) is 4.78. The first-order valence-corrected chi connectivity index (χ1v) is 8.02. The van der Waals surface area contributed by atoms with Crippen LogP contribution in [0.1, 0.15) is 0 Å². The number of terminal acetylenes is 1. The third-order valence-corrected chi connectivity index (χ3v) is 3.92. The fourth-order valence-corrected chi connectivity index (χ4v) is 2.20. The van der Waals surface area contributed by atoms with E-state index in [0.29, 0.717) is 28.1 Å². The summed E-state index contributed by atoms with van der Waals surface area (Å²) in [6.45, 7) is 1.47. The quantitative estimate of drug-likeness (QED) is 0.538. The first-order valence-electron chi connectivity index (χ1n) is 6.11. The molecule has 6 heteroatoms. The lowest BCUT2D eigenvalue weighted by molar-refractivity contribution is 0.107. The van der Waals surface area contributed by atoms with Gasteiger partial charge in [0.05, 0.1) is 15.8 Å². The molecule has 0 bridgehead atoms. The van der Waals surface area contributed by atoms with Crippen LogP contribution in [-0.4, -0.2) is 42.4 Å². The molecule has 1 atom stereocenters. The van der Waals surface area contributed by atoms with Gasteiger partial charge in [0.15, 0.2) is 0 Å². The number of aliphatic hydroxyl groups is 1. The highest BCUT2D eigenvalue weighted by atomic mass is 35.5. The number of hydrogen-bond acceptors (Lipinski definition) is 4. The van der Waals surface area contributed by atoms with Gasteiger partial charge in [-0.1, -0.05) is 29.1 Å². The van der Waals surface area contributed by atoms with Gasteiger partial charge in [-0.15, -0.1) is 18.2 Å². The van der Waals surface area contributed by atoms with Gasteiger partial charge < -0.3 is 15.2 Å². The topological polar surface area (TPSA) is 41.5 Å². The molecule has 1 aromatic carbocycles. The van der Waals surface area contributed by atoms with Gasteiger partial charge in [0.1, 0.15) is 18.5 Å². The molecule has 1 unspecified atom stereocenters. The summed E-state index contributed by atoms with van der Waals surface area (Å²) >= 11 is 13.4. The lowest BCUT2D eigenvalue weighted by Crippen LogP contribution is -2.32. The van der Waals surface area contributed by atoms with Crippen LogP contribution in [0.25, 0.3) is 0 Å². The number of hydrogen-bond donors (Lipinski definition) is 2. The minimum atomic E-state index is -0.581. The number of ether oxygens (including phenoxy) is 1. The van der Waals surface area contributed by atoms with E-state index in [1.165, 1.54) is 0 Å². The molecular formula is C14H17Cl2NO2S. The Kier molecular flexibility index (Phi) is 8.92. The molecule has 0 aliphatic rings. The Morgan fingerprint density at radius 1 is 1.40 bits per heavy atom. The molecule has 1 rings (SSSR count). The zero-order valence-corrected chi connectivity index (χ0v) is 13.3. The molecule has 0 radical (unpaired) electrons. The van der Waals surface area contributed by atoms with Crippen molar-refractivity contribution in [2.45, 2.75) is 6.10 Å². The molecule has 0 saturated carbocycles. The fourth-order valence-electron chi connectivity index (χ4n) is 1.36. The Bertz CT molecular complexity index is 451. The molecule has 0 amide bonds. The SMILES string of the molecule is C#CCSCCNCC(O)COc1ccc(Cl)c(Cl)c1. The summed E-state index contributed by atoms with van der Waals surface area (Å²) in [5.41, 5.74) is 0. The van der Waals surface area contributed by atoms with E-state index in [-0.39, 0.29) is 6.61 Å². The van der Waals surface area contributed by atoms with Crippen molar-refractivity contribution in [2.24, 2.45) is 0 Å². The molecule has 20 heavy (non-hydrogen) atoms. The number of benzene rings is 1. The zero-order valence-electron chi connectivity index (χ0n) is 10.9. The van der Waals surface area contributed by atoms with Crippen molar-refractivity contribution in [1.29, 1.82) is 0 Å². The van der Waals surface area contributed by atoms with E-state index in [0.717, 1.165) is 12.3 Å². The largest absolute Gasteiger partial charge is 0.491 e. The Labute approximate surface area is 134 Å². The average molecular weight is 334 g/mol. The monoisotopic (exact) mass is 333 g/mol. The fraction of sp³-hybridized carbons (Fsp3) is 0.429. The van der Waals surface area contributed by atoms with Crippen LogP contribution in [0.2, 0.25) is 10.0 Å². The zero-order chi connectivity index (χ0) is 14.8. The maximum atomic E-state index is 9.75. The van der Waals surface area contributed by atoms with Crippen molar-refractivity contribution < 1.29 is 9.84 Å². The Morgan fingerprint density at radius 3 is 2.90 bits per heavy atom. The molecule has 3 nitrogen and oxygen atoms in total. The van der Waals surface area contributed by atoms with Gasteiger partial charge in [0, 0.05) is 24.9 Å².